The molecule has 8 heteroatoms. The van der Waals surface area contributed by atoms with Crippen LogP contribution in [-0.4, -0.2) is 22.0 Å². The first kappa shape index (κ1) is 22.1. The van der Waals surface area contributed by atoms with Gasteiger partial charge in [0.15, 0.2) is 0 Å². The minimum absolute atomic E-state index is 0.138. The number of H-pyrrole nitrogens is 1. The standard InChI is InChI=1S/C28H20ClN5O2/c1-16-6-10-18(11-7-16)24-23-26(33-32-24)36-25(31)21(14-30)28(23)20-4-2-3-5-22(20)34(27(28)35)15-17-8-12-19(29)13-9-17/h2-13,21,31H,15H2,1H3,(H,32,33). The molecule has 2 atom stereocenters. The molecule has 0 fully saturated rings. The Morgan fingerprint density at radius 3 is 2.58 bits per heavy atom. The first-order valence-corrected chi connectivity index (χ1v) is 11.8. The maximum atomic E-state index is 14.6. The Kier molecular flexibility index (Phi) is 4.95. The fourth-order valence-electron chi connectivity index (χ4n) is 5.28. The van der Waals surface area contributed by atoms with Crippen molar-refractivity contribution >= 4 is 29.1 Å². The number of carbonyl (C=O) groups excluding carboxylic acids is 1. The van der Waals surface area contributed by atoms with Crippen LogP contribution in [0.2, 0.25) is 5.02 Å². The van der Waals surface area contributed by atoms with Crippen molar-refractivity contribution in [3.05, 3.63) is 100 Å². The van der Waals surface area contributed by atoms with Gasteiger partial charge in [0.1, 0.15) is 11.3 Å². The van der Waals surface area contributed by atoms with Crippen molar-refractivity contribution in [3.8, 4) is 23.2 Å². The first-order chi connectivity index (χ1) is 17.4. The molecule has 6 rings (SSSR count). The van der Waals surface area contributed by atoms with Gasteiger partial charge in [-0.1, -0.05) is 71.8 Å². The van der Waals surface area contributed by atoms with Crippen LogP contribution in [0.5, 0.6) is 5.88 Å². The van der Waals surface area contributed by atoms with Gasteiger partial charge in [-0.3, -0.25) is 15.3 Å². The monoisotopic (exact) mass is 493 g/mol. The maximum Gasteiger partial charge on any atom is 0.244 e. The molecule has 1 amide bonds. The van der Waals surface area contributed by atoms with Crippen molar-refractivity contribution < 1.29 is 9.53 Å². The number of ether oxygens (including phenoxy) is 1. The molecule has 2 aliphatic rings. The zero-order valence-corrected chi connectivity index (χ0v) is 20.0. The van der Waals surface area contributed by atoms with Crippen molar-refractivity contribution in [2.45, 2.75) is 18.9 Å². The minimum Gasteiger partial charge on any atom is -0.422 e. The van der Waals surface area contributed by atoms with E-state index in [0.717, 1.165) is 16.7 Å². The largest absolute Gasteiger partial charge is 0.422 e. The van der Waals surface area contributed by atoms with E-state index in [4.69, 9.17) is 21.7 Å². The van der Waals surface area contributed by atoms with E-state index >= 15 is 0 Å². The van der Waals surface area contributed by atoms with Crippen molar-refractivity contribution in [3.63, 3.8) is 0 Å². The molecule has 36 heavy (non-hydrogen) atoms. The van der Waals surface area contributed by atoms with E-state index in [0.29, 0.717) is 27.5 Å². The average molecular weight is 494 g/mol. The van der Waals surface area contributed by atoms with Crippen molar-refractivity contribution in [1.82, 2.24) is 10.2 Å². The lowest BCUT2D eigenvalue weighted by molar-refractivity contribution is -0.122. The number of aryl methyl sites for hydroxylation is 1. The molecule has 1 aromatic heterocycles. The number of para-hydroxylation sites is 1. The second-order valence-electron chi connectivity index (χ2n) is 9.02. The van der Waals surface area contributed by atoms with Gasteiger partial charge in [0.2, 0.25) is 17.7 Å². The van der Waals surface area contributed by atoms with Crippen molar-refractivity contribution in [2.75, 3.05) is 4.90 Å². The van der Waals surface area contributed by atoms with Gasteiger partial charge in [0, 0.05) is 16.3 Å². The quantitative estimate of drug-likeness (QED) is 0.399. The number of carbonyl (C=O) groups is 1. The number of aromatic nitrogens is 2. The molecule has 0 saturated carbocycles. The Balaban J connectivity index is 1.61. The highest BCUT2D eigenvalue weighted by Crippen LogP contribution is 2.57. The summed E-state index contributed by atoms with van der Waals surface area (Å²) < 4.78 is 5.71. The molecule has 4 aromatic rings. The van der Waals surface area contributed by atoms with Crippen LogP contribution in [0, 0.1) is 29.6 Å². The van der Waals surface area contributed by atoms with E-state index < -0.39 is 11.3 Å². The third-order valence-corrected chi connectivity index (χ3v) is 7.21. The number of fused-ring (bicyclic) bond motifs is 4. The summed E-state index contributed by atoms with van der Waals surface area (Å²) in [4.78, 5) is 16.3. The van der Waals surface area contributed by atoms with Crippen LogP contribution >= 0.6 is 11.6 Å². The molecule has 7 nitrogen and oxygen atoms in total. The van der Waals surface area contributed by atoms with Crippen LogP contribution in [0.4, 0.5) is 5.69 Å². The van der Waals surface area contributed by atoms with E-state index in [1.165, 1.54) is 0 Å². The number of anilines is 1. The van der Waals surface area contributed by atoms with E-state index in [-0.39, 0.29) is 24.2 Å². The van der Waals surface area contributed by atoms with Crippen LogP contribution in [0.25, 0.3) is 11.3 Å². The highest BCUT2D eigenvalue weighted by atomic mass is 35.5. The van der Waals surface area contributed by atoms with Gasteiger partial charge in [-0.05, 0) is 36.2 Å². The summed E-state index contributed by atoms with van der Waals surface area (Å²) >= 11 is 6.07. The summed E-state index contributed by atoms with van der Waals surface area (Å²) in [5.74, 6) is -1.63. The van der Waals surface area contributed by atoms with Crippen LogP contribution in [0.1, 0.15) is 22.3 Å². The fraction of sp³-hybridized carbons (Fsp3) is 0.143. The highest BCUT2D eigenvalue weighted by Gasteiger charge is 2.64. The number of hydrogen-bond donors (Lipinski definition) is 2. The second-order valence-corrected chi connectivity index (χ2v) is 9.45. The van der Waals surface area contributed by atoms with E-state index in [1.807, 2.05) is 67.6 Å². The third kappa shape index (κ3) is 3.01. The molecule has 2 aliphatic heterocycles. The number of aromatic amines is 1. The average Bonchev–Trinajstić information content (AvgIpc) is 3.40. The van der Waals surface area contributed by atoms with Gasteiger partial charge >= 0.3 is 0 Å². The van der Waals surface area contributed by atoms with Gasteiger partial charge in [-0.25, -0.2) is 0 Å². The number of amides is 1. The van der Waals surface area contributed by atoms with Crippen molar-refractivity contribution in [1.29, 1.82) is 10.7 Å². The SMILES string of the molecule is Cc1ccc(-c2[nH]nc3c2C2(C(=O)N(Cc4ccc(Cl)cc4)c4ccccc42)C(C#N)C(=N)O3)cc1. The Morgan fingerprint density at radius 1 is 1.14 bits per heavy atom. The number of benzene rings is 3. The van der Waals surface area contributed by atoms with Crippen LogP contribution in [0.15, 0.2) is 72.8 Å². The molecule has 2 unspecified atom stereocenters. The predicted octanol–water partition coefficient (Wildman–Crippen LogP) is 5.38. The molecule has 0 saturated heterocycles. The van der Waals surface area contributed by atoms with E-state index in [9.17, 15) is 10.1 Å². The fourth-order valence-corrected chi connectivity index (χ4v) is 5.41. The van der Waals surface area contributed by atoms with Gasteiger partial charge in [0.25, 0.3) is 0 Å². The number of halogens is 1. The van der Waals surface area contributed by atoms with Crippen LogP contribution in [0.3, 0.4) is 0 Å². The molecule has 0 bridgehead atoms. The molecule has 2 N–H and O–H groups in total. The molecule has 3 aromatic carbocycles. The summed E-state index contributed by atoms with van der Waals surface area (Å²) in [6, 6.07) is 24.8. The molecule has 0 aliphatic carbocycles. The number of hydrogen-bond acceptors (Lipinski definition) is 5. The second kappa shape index (κ2) is 8.08. The third-order valence-electron chi connectivity index (χ3n) is 6.95. The van der Waals surface area contributed by atoms with Crippen molar-refractivity contribution in [2.24, 2.45) is 5.92 Å². The molecule has 1 spiro atoms. The zero-order valence-electron chi connectivity index (χ0n) is 19.2. The molecular weight excluding hydrogens is 474 g/mol. The van der Waals surface area contributed by atoms with Gasteiger partial charge < -0.3 is 9.64 Å². The summed E-state index contributed by atoms with van der Waals surface area (Å²) in [6.07, 6.45) is 0. The van der Waals surface area contributed by atoms with Crippen LogP contribution in [-0.2, 0) is 16.8 Å². The number of nitrogens with one attached hydrogen (secondary N) is 2. The Labute approximate surface area is 212 Å². The topological polar surface area (TPSA) is 106 Å². The van der Waals surface area contributed by atoms with E-state index in [1.54, 1.807) is 17.0 Å². The summed E-state index contributed by atoms with van der Waals surface area (Å²) in [5.41, 5.74) is 3.71. The van der Waals surface area contributed by atoms with Gasteiger partial charge in [0.05, 0.1) is 23.9 Å². The normalized spacial score (nSPS) is 20.1. The lowest BCUT2D eigenvalue weighted by Crippen LogP contribution is -2.52. The zero-order chi connectivity index (χ0) is 25.0. The summed E-state index contributed by atoms with van der Waals surface area (Å²) in [6.45, 7) is 2.28. The Hall–Kier alpha value is -4.41. The summed E-state index contributed by atoms with van der Waals surface area (Å²) in [5, 5.41) is 26.8. The molecular formula is C28H20ClN5O2. The minimum atomic E-state index is -1.49. The maximum absolute atomic E-state index is 14.6. The lowest BCUT2D eigenvalue weighted by atomic mass is 9.65. The lowest BCUT2D eigenvalue weighted by Gasteiger charge is -2.36. The highest BCUT2D eigenvalue weighted by molar-refractivity contribution is 6.30. The Morgan fingerprint density at radius 2 is 1.86 bits per heavy atom. The smallest absolute Gasteiger partial charge is 0.244 e. The molecule has 176 valence electrons. The molecule has 3 heterocycles. The number of nitriles is 1. The van der Waals surface area contributed by atoms with Gasteiger partial charge in [-0.15, -0.1) is 5.10 Å². The predicted molar refractivity (Wildman–Crippen MR) is 136 cm³/mol. The number of rotatable bonds is 3. The Bertz CT molecular complexity index is 1570. The molecule has 0 radical (unpaired) electrons. The van der Waals surface area contributed by atoms with Crippen LogP contribution < -0.4 is 9.64 Å². The summed E-state index contributed by atoms with van der Waals surface area (Å²) in [7, 11) is 0. The van der Waals surface area contributed by atoms with Gasteiger partial charge in [-0.2, -0.15) is 5.26 Å². The number of nitrogens with zero attached hydrogens (tertiary/aromatic N) is 3. The first-order valence-electron chi connectivity index (χ1n) is 11.4. The van der Waals surface area contributed by atoms with E-state index in [2.05, 4.69) is 16.3 Å².